The number of aliphatic carboxylic acids is 1. The summed E-state index contributed by atoms with van der Waals surface area (Å²) in [6.07, 6.45) is 0. The molecule has 23 heavy (non-hydrogen) atoms. The highest BCUT2D eigenvalue weighted by Gasteiger charge is 2.23. The molecule has 8 heteroatoms. The van der Waals surface area contributed by atoms with Crippen molar-refractivity contribution in [2.24, 2.45) is 0 Å². The first-order valence-electron chi connectivity index (χ1n) is 6.76. The number of amides is 2. The average Bonchev–Trinajstić information content (AvgIpc) is 2.88. The van der Waals surface area contributed by atoms with Gasteiger partial charge in [-0.25, -0.2) is 4.79 Å². The van der Waals surface area contributed by atoms with Gasteiger partial charge in [0, 0.05) is 17.1 Å². The van der Waals surface area contributed by atoms with Crippen LogP contribution in [0.3, 0.4) is 0 Å². The van der Waals surface area contributed by atoms with Gasteiger partial charge in [-0.05, 0) is 13.0 Å². The van der Waals surface area contributed by atoms with Crippen LogP contribution in [0.1, 0.15) is 16.6 Å². The van der Waals surface area contributed by atoms with Gasteiger partial charge in [-0.15, -0.1) is 11.3 Å². The molecule has 2 amide bonds. The molecule has 0 fully saturated rings. The highest BCUT2D eigenvalue weighted by atomic mass is 35.5. The summed E-state index contributed by atoms with van der Waals surface area (Å²) in [5, 5.41) is 12.5. The first kappa shape index (κ1) is 17.2. The van der Waals surface area contributed by atoms with E-state index in [1.807, 2.05) is 24.3 Å². The minimum absolute atomic E-state index is 0.294. The Morgan fingerprint density at radius 1 is 1.35 bits per heavy atom. The van der Waals surface area contributed by atoms with Crippen molar-refractivity contribution in [2.75, 3.05) is 13.6 Å². The lowest BCUT2D eigenvalue weighted by Crippen LogP contribution is -2.45. The zero-order valence-corrected chi connectivity index (χ0v) is 14.1. The number of hydrogen-bond acceptors (Lipinski definition) is 4. The van der Waals surface area contributed by atoms with Gasteiger partial charge in [0.2, 0.25) is 5.91 Å². The smallest absolute Gasteiger partial charge is 0.326 e. The number of likely N-dealkylation sites (N-methyl/N-ethyl adjacent to an activating group) is 1. The third-order valence-corrected chi connectivity index (χ3v) is 5.15. The number of nitrogens with zero attached hydrogens (tertiary/aromatic N) is 1. The van der Waals surface area contributed by atoms with Crippen molar-refractivity contribution >= 4 is 50.8 Å². The summed E-state index contributed by atoms with van der Waals surface area (Å²) in [5.74, 6) is -2.06. The number of carbonyl (C=O) groups is 3. The van der Waals surface area contributed by atoms with Crippen molar-refractivity contribution in [3.8, 4) is 0 Å². The van der Waals surface area contributed by atoms with Crippen LogP contribution in [0.15, 0.2) is 24.3 Å². The molecule has 1 unspecified atom stereocenters. The lowest BCUT2D eigenvalue weighted by Gasteiger charge is -2.21. The lowest BCUT2D eigenvalue weighted by molar-refractivity contribution is -0.147. The molecule has 0 aliphatic rings. The number of benzene rings is 1. The van der Waals surface area contributed by atoms with Gasteiger partial charge in [0.15, 0.2) is 0 Å². The van der Waals surface area contributed by atoms with E-state index in [2.05, 4.69) is 5.32 Å². The Labute approximate surface area is 141 Å². The SMILES string of the molecule is CC(C(=O)O)N(C)C(=O)CNC(=O)c1sc2ccccc2c1Cl. The Bertz CT molecular complexity index is 774. The zero-order valence-electron chi connectivity index (χ0n) is 12.5. The molecule has 2 aromatic rings. The van der Waals surface area contributed by atoms with Crippen LogP contribution < -0.4 is 5.32 Å². The van der Waals surface area contributed by atoms with Gasteiger partial charge >= 0.3 is 5.97 Å². The fraction of sp³-hybridized carbons (Fsp3) is 0.267. The molecule has 0 aliphatic heterocycles. The third-order valence-electron chi connectivity index (χ3n) is 3.47. The molecule has 0 saturated carbocycles. The molecular formula is C15H15ClN2O4S. The number of fused-ring (bicyclic) bond motifs is 1. The van der Waals surface area contributed by atoms with E-state index in [1.54, 1.807) is 0 Å². The predicted molar refractivity (Wildman–Crippen MR) is 89.0 cm³/mol. The number of halogens is 1. The summed E-state index contributed by atoms with van der Waals surface area (Å²) in [6.45, 7) is 1.10. The van der Waals surface area contributed by atoms with E-state index in [9.17, 15) is 14.4 Å². The van der Waals surface area contributed by atoms with Gasteiger partial charge in [-0.1, -0.05) is 29.8 Å². The maximum Gasteiger partial charge on any atom is 0.326 e. The van der Waals surface area contributed by atoms with Gasteiger partial charge < -0.3 is 15.3 Å². The van der Waals surface area contributed by atoms with Crippen LogP contribution in [0.5, 0.6) is 0 Å². The summed E-state index contributed by atoms with van der Waals surface area (Å²) >= 11 is 7.44. The number of carboxylic acid groups (broad SMARTS) is 1. The number of carboxylic acids is 1. The van der Waals surface area contributed by atoms with Crippen LogP contribution in [0.2, 0.25) is 5.02 Å². The number of thiophene rings is 1. The standard InChI is InChI=1S/C15H15ClN2O4S/c1-8(15(21)22)18(2)11(19)7-17-14(20)13-12(16)9-5-3-4-6-10(9)23-13/h3-6,8H,7H2,1-2H3,(H,17,20)(H,21,22). The second-order valence-corrected chi connectivity index (χ2v) is 6.37. The predicted octanol–water partition coefficient (Wildman–Crippen LogP) is 2.22. The van der Waals surface area contributed by atoms with Crippen LogP contribution in [-0.4, -0.2) is 47.4 Å². The Balaban J connectivity index is 2.05. The summed E-state index contributed by atoms with van der Waals surface area (Å²) in [6, 6.07) is 6.39. The second kappa shape index (κ2) is 6.97. The monoisotopic (exact) mass is 354 g/mol. The van der Waals surface area contributed by atoms with Crippen LogP contribution in [0.4, 0.5) is 0 Å². The van der Waals surface area contributed by atoms with Crippen molar-refractivity contribution in [1.82, 2.24) is 10.2 Å². The maximum absolute atomic E-state index is 12.2. The summed E-state index contributed by atoms with van der Waals surface area (Å²) in [5.41, 5.74) is 0. The molecule has 6 nitrogen and oxygen atoms in total. The molecule has 0 bridgehead atoms. The molecule has 0 spiro atoms. The van der Waals surface area contributed by atoms with Crippen LogP contribution in [0.25, 0.3) is 10.1 Å². The van der Waals surface area contributed by atoms with Crippen molar-refractivity contribution < 1.29 is 19.5 Å². The summed E-state index contributed by atoms with van der Waals surface area (Å²) < 4.78 is 0.880. The van der Waals surface area contributed by atoms with Crippen LogP contribution in [0, 0.1) is 0 Å². The van der Waals surface area contributed by atoms with Crippen molar-refractivity contribution in [3.05, 3.63) is 34.2 Å². The fourth-order valence-electron chi connectivity index (χ4n) is 1.90. The molecule has 1 aromatic carbocycles. The van der Waals surface area contributed by atoms with E-state index in [-0.39, 0.29) is 6.54 Å². The maximum atomic E-state index is 12.2. The number of hydrogen-bond donors (Lipinski definition) is 2. The lowest BCUT2D eigenvalue weighted by atomic mass is 10.2. The van der Waals surface area contributed by atoms with E-state index >= 15 is 0 Å². The number of nitrogens with one attached hydrogen (secondary N) is 1. The molecule has 1 atom stereocenters. The quantitative estimate of drug-likeness (QED) is 0.861. The van der Waals surface area contributed by atoms with E-state index in [0.29, 0.717) is 9.90 Å². The summed E-state index contributed by atoms with van der Waals surface area (Å²) in [4.78, 5) is 36.3. The number of rotatable bonds is 5. The topological polar surface area (TPSA) is 86.7 Å². The molecule has 2 N–H and O–H groups in total. The van der Waals surface area contributed by atoms with Crippen LogP contribution >= 0.6 is 22.9 Å². The van der Waals surface area contributed by atoms with Gasteiger partial charge in [0.05, 0.1) is 11.6 Å². The molecule has 122 valence electrons. The molecule has 1 heterocycles. The highest BCUT2D eigenvalue weighted by molar-refractivity contribution is 7.21. The normalized spacial score (nSPS) is 12.0. The molecular weight excluding hydrogens is 340 g/mol. The van der Waals surface area contributed by atoms with Gasteiger partial charge in [-0.2, -0.15) is 0 Å². The Morgan fingerprint density at radius 2 is 2.00 bits per heavy atom. The molecule has 0 aliphatic carbocycles. The first-order valence-corrected chi connectivity index (χ1v) is 7.96. The largest absolute Gasteiger partial charge is 0.480 e. The highest BCUT2D eigenvalue weighted by Crippen LogP contribution is 2.34. The van der Waals surface area contributed by atoms with Gasteiger partial charge in [-0.3, -0.25) is 9.59 Å². The van der Waals surface area contributed by atoms with Crippen molar-refractivity contribution in [3.63, 3.8) is 0 Å². The minimum atomic E-state index is -1.11. The fourth-order valence-corrected chi connectivity index (χ4v) is 3.34. The van der Waals surface area contributed by atoms with Crippen molar-refractivity contribution in [1.29, 1.82) is 0 Å². The molecule has 1 aromatic heterocycles. The number of carbonyl (C=O) groups excluding carboxylic acids is 2. The van der Waals surface area contributed by atoms with E-state index in [1.165, 1.54) is 25.3 Å². The Morgan fingerprint density at radius 3 is 2.61 bits per heavy atom. The Hall–Kier alpha value is -2.12. The van der Waals surface area contributed by atoms with Gasteiger partial charge in [0.25, 0.3) is 5.91 Å². The molecule has 0 saturated heterocycles. The van der Waals surface area contributed by atoms with E-state index < -0.39 is 23.8 Å². The second-order valence-electron chi connectivity index (χ2n) is 4.94. The molecule has 2 rings (SSSR count). The zero-order chi connectivity index (χ0) is 17.1. The molecule has 0 radical (unpaired) electrons. The summed E-state index contributed by atoms with van der Waals surface area (Å²) in [7, 11) is 1.37. The third kappa shape index (κ3) is 3.62. The van der Waals surface area contributed by atoms with Gasteiger partial charge in [0.1, 0.15) is 10.9 Å². The van der Waals surface area contributed by atoms with Crippen molar-refractivity contribution in [2.45, 2.75) is 13.0 Å². The van der Waals surface area contributed by atoms with E-state index in [0.717, 1.165) is 15.0 Å². The first-order chi connectivity index (χ1) is 10.8. The van der Waals surface area contributed by atoms with E-state index in [4.69, 9.17) is 16.7 Å². The average molecular weight is 355 g/mol. The Kier molecular flexibility index (Phi) is 5.23. The van der Waals surface area contributed by atoms with Crippen LogP contribution in [-0.2, 0) is 9.59 Å². The minimum Gasteiger partial charge on any atom is -0.480 e.